The number of aromatic amines is 1. The molecule has 1 fully saturated rings. The summed E-state index contributed by atoms with van der Waals surface area (Å²) in [4.78, 5) is 19.0. The number of nitrogens with zero attached hydrogens (tertiary/aromatic N) is 3. The zero-order valence-electron chi connectivity index (χ0n) is 14.3. The number of ether oxygens (including phenoxy) is 2. The highest BCUT2D eigenvalue weighted by molar-refractivity contribution is 5.79. The van der Waals surface area contributed by atoms with E-state index in [2.05, 4.69) is 21.2 Å². The summed E-state index contributed by atoms with van der Waals surface area (Å²) in [7, 11) is 0. The van der Waals surface area contributed by atoms with Gasteiger partial charge in [0.2, 0.25) is 5.91 Å². The van der Waals surface area contributed by atoms with Crippen molar-refractivity contribution in [1.82, 2.24) is 20.1 Å². The average Bonchev–Trinajstić information content (AvgIpc) is 3.30. The Kier molecular flexibility index (Phi) is 4.40. The molecular weight excluding hydrogens is 320 g/mol. The molecule has 2 aliphatic rings. The molecule has 0 radical (unpaired) electrons. The van der Waals surface area contributed by atoms with Crippen LogP contribution in [-0.4, -0.2) is 52.3 Å². The molecular formula is C18H22N4O3. The number of nitrogens with one attached hydrogen (secondary N) is 1. The maximum Gasteiger partial charge on any atom is 0.227 e. The van der Waals surface area contributed by atoms with E-state index < -0.39 is 0 Å². The van der Waals surface area contributed by atoms with Crippen LogP contribution in [0.25, 0.3) is 0 Å². The molecule has 2 aromatic rings. The lowest BCUT2D eigenvalue weighted by Gasteiger charge is -2.31. The number of benzene rings is 1. The SMILES string of the molecule is CCc1nc(C2CN(C(=O)Cc3ccc4c(c3)CCO4)CCO2)n[nH]1. The molecule has 1 amide bonds. The van der Waals surface area contributed by atoms with Gasteiger partial charge in [-0.25, -0.2) is 4.98 Å². The van der Waals surface area contributed by atoms with Crippen molar-refractivity contribution in [3.63, 3.8) is 0 Å². The fourth-order valence-corrected chi connectivity index (χ4v) is 3.28. The highest BCUT2D eigenvalue weighted by atomic mass is 16.5. The van der Waals surface area contributed by atoms with Crippen LogP contribution < -0.4 is 4.74 Å². The number of hydrogen-bond donors (Lipinski definition) is 1. The second kappa shape index (κ2) is 6.84. The molecule has 4 rings (SSSR count). The van der Waals surface area contributed by atoms with Gasteiger partial charge in [0.05, 0.1) is 26.2 Å². The minimum Gasteiger partial charge on any atom is -0.493 e. The van der Waals surface area contributed by atoms with E-state index in [9.17, 15) is 4.79 Å². The maximum absolute atomic E-state index is 12.7. The zero-order valence-corrected chi connectivity index (χ0v) is 14.3. The van der Waals surface area contributed by atoms with Gasteiger partial charge in [0, 0.05) is 19.4 Å². The van der Waals surface area contributed by atoms with E-state index in [0.29, 0.717) is 31.9 Å². The van der Waals surface area contributed by atoms with Gasteiger partial charge in [-0.2, -0.15) is 5.10 Å². The summed E-state index contributed by atoms with van der Waals surface area (Å²) in [5, 5.41) is 7.12. The van der Waals surface area contributed by atoms with Crippen molar-refractivity contribution in [2.45, 2.75) is 32.3 Å². The Hall–Kier alpha value is -2.41. The maximum atomic E-state index is 12.7. The number of hydrogen-bond acceptors (Lipinski definition) is 5. The summed E-state index contributed by atoms with van der Waals surface area (Å²) in [5.74, 6) is 2.52. The summed E-state index contributed by atoms with van der Waals surface area (Å²) >= 11 is 0. The summed E-state index contributed by atoms with van der Waals surface area (Å²) in [6.07, 6.45) is 1.85. The molecule has 7 heteroatoms. The summed E-state index contributed by atoms with van der Waals surface area (Å²) in [6, 6.07) is 6.02. The van der Waals surface area contributed by atoms with Crippen LogP contribution in [0.2, 0.25) is 0 Å². The first kappa shape index (κ1) is 16.1. The number of carbonyl (C=O) groups is 1. The van der Waals surface area contributed by atoms with E-state index in [1.54, 1.807) is 0 Å². The van der Waals surface area contributed by atoms with E-state index in [1.165, 1.54) is 5.56 Å². The lowest BCUT2D eigenvalue weighted by molar-refractivity contribution is -0.138. The summed E-state index contributed by atoms with van der Waals surface area (Å²) in [5.41, 5.74) is 2.22. The van der Waals surface area contributed by atoms with Gasteiger partial charge in [-0.15, -0.1) is 0 Å². The van der Waals surface area contributed by atoms with Gasteiger partial charge in [-0.05, 0) is 17.2 Å². The molecule has 2 aliphatic heterocycles. The van der Waals surface area contributed by atoms with Gasteiger partial charge in [-0.1, -0.05) is 19.1 Å². The molecule has 0 spiro atoms. The van der Waals surface area contributed by atoms with Crippen LogP contribution in [0.3, 0.4) is 0 Å². The number of rotatable bonds is 4. The monoisotopic (exact) mass is 342 g/mol. The minimum atomic E-state index is -0.261. The molecule has 0 aliphatic carbocycles. The van der Waals surface area contributed by atoms with Gasteiger partial charge in [0.15, 0.2) is 5.82 Å². The molecule has 25 heavy (non-hydrogen) atoms. The van der Waals surface area contributed by atoms with Crippen LogP contribution in [0.4, 0.5) is 0 Å². The van der Waals surface area contributed by atoms with Crippen molar-refractivity contribution >= 4 is 5.91 Å². The molecule has 1 N–H and O–H groups in total. The van der Waals surface area contributed by atoms with Gasteiger partial charge < -0.3 is 14.4 Å². The minimum absolute atomic E-state index is 0.110. The third-order valence-corrected chi connectivity index (χ3v) is 4.70. The van der Waals surface area contributed by atoms with E-state index in [0.717, 1.165) is 36.6 Å². The first-order chi connectivity index (χ1) is 12.2. The van der Waals surface area contributed by atoms with Crippen molar-refractivity contribution in [3.05, 3.63) is 41.0 Å². The second-order valence-electron chi connectivity index (χ2n) is 6.41. The molecule has 0 saturated carbocycles. The third-order valence-electron chi connectivity index (χ3n) is 4.70. The van der Waals surface area contributed by atoms with Gasteiger partial charge in [0.25, 0.3) is 0 Å². The highest BCUT2D eigenvalue weighted by Crippen LogP contribution is 2.26. The highest BCUT2D eigenvalue weighted by Gasteiger charge is 2.28. The van der Waals surface area contributed by atoms with Gasteiger partial charge >= 0.3 is 0 Å². The van der Waals surface area contributed by atoms with Crippen LogP contribution >= 0.6 is 0 Å². The standard InChI is InChI=1S/C18H22N4O3/c1-2-16-19-18(21-20-16)15-11-22(6-8-25-15)17(23)10-12-3-4-14-13(9-12)5-7-24-14/h3-4,9,15H,2,5-8,10-11H2,1H3,(H,19,20,21). The number of morpholine rings is 1. The van der Waals surface area contributed by atoms with Crippen LogP contribution in [0, 0.1) is 0 Å². The van der Waals surface area contributed by atoms with Crippen LogP contribution in [0.15, 0.2) is 18.2 Å². The molecule has 0 bridgehead atoms. The topological polar surface area (TPSA) is 80.3 Å². The lowest BCUT2D eigenvalue weighted by atomic mass is 10.1. The lowest BCUT2D eigenvalue weighted by Crippen LogP contribution is -2.43. The summed E-state index contributed by atoms with van der Waals surface area (Å²) < 4.78 is 11.3. The van der Waals surface area contributed by atoms with Crippen molar-refractivity contribution in [3.8, 4) is 5.75 Å². The van der Waals surface area contributed by atoms with Crippen LogP contribution in [-0.2, 0) is 28.8 Å². The van der Waals surface area contributed by atoms with E-state index in [1.807, 2.05) is 24.0 Å². The van der Waals surface area contributed by atoms with Crippen molar-refractivity contribution in [2.75, 3.05) is 26.3 Å². The predicted molar refractivity (Wildman–Crippen MR) is 90.4 cm³/mol. The molecule has 1 aromatic carbocycles. The molecule has 1 unspecified atom stereocenters. The number of aryl methyl sites for hydroxylation is 1. The molecule has 1 atom stereocenters. The first-order valence-electron chi connectivity index (χ1n) is 8.78. The zero-order chi connectivity index (χ0) is 17.2. The Morgan fingerprint density at radius 3 is 3.16 bits per heavy atom. The largest absolute Gasteiger partial charge is 0.493 e. The normalized spacial score (nSPS) is 19.6. The van der Waals surface area contributed by atoms with Crippen LogP contribution in [0.1, 0.15) is 35.8 Å². The molecule has 1 saturated heterocycles. The Balaban J connectivity index is 1.41. The number of amides is 1. The molecule has 1 aromatic heterocycles. The number of H-pyrrole nitrogens is 1. The van der Waals surface area contributed by atoms with Crippen LogP contribution in [0.5, 0.6) is 5.75 Å². The quantitative estimate of drug-likeness (QED) is 0.909. The first-order valence-corrected chi connectivity index (χ1v) is 8.78. The Labute approximate surface area is 146 Å². The fraction of sp³-hybridized carbons (Fsp3) is 0.500. The molecule has 132 valence electrons. The van der Waals surface area contributed by atoms with Crippen molar-refractivity contribution < 1.29 is 14.3 Å². The van der Waals surface area contributed by atoms with Gasteiger partial charge in [0.1, 0.15) is 17.7 Å². The fourth-order valence-electron chi connectivity index (χ4n) is 3.28. The van der Waals surface area contributed by atoms with E-state index >= 15 is 0 Å². The Morgan fingerprint density at radius 1 is 1.40 bits per heavy atom. The van der Waals surface area contributed by atoms with E-state index in [-0.39, 0.29) is 12.0 Å². The van der Waals surface area contributed by atoms with Crippen molar-refractivity contribution in [1.29, 1.82) is 0 Å². The van der Waals surface area contributed by atoms with Crippen molar-refractivity contribution in [2.24, 2.45) is 0 Å². The smallest absolute Gasteiger partial charge is 0.227 e. The molecule has 3 heterocycles. The molecule has 7 nitrogen and oxygen atoms in total. The summed E-state index contributed by atoms with van der Waals surface area (Å²) in [6.45, 7) is 4.35. The Bertz CT molecular complexity index is 773. The van der Waals surface area contributed by atoms with Gasteiger partial charge in [-0.3, -0.25) is 9.89 Å². The second-order valence-corrected chi connectivity index (χ2v) is 6.41. The number of aromatic nitrogens is 3. The average molecular weight is 342 g/mol. The predicted octanol–water partition coefficient (Wildman–Crippen LogP) is 1.44. The number of carbonyl (C=O) groups excluding carboxylic acids is 1. The van der Waals surface area contributed by atoms with E-state index in [4.69, 9.17) is 9.47 Å². The number of fused-ring (bicyclic) bond motifs is 1. The Morgan fingerprint density at radius 2 is 2.32 bits per heavy atom. The third kappa shape index (κ3) is 3.37.